The minimum Gasteiger partial charge on any atom is -0.324 e. The average molecular weight is 483 g/mol. The van der Waals surface area contributed by atoms with Gasteiger partial charge in [-0.05, 0) is 67.9 Å². The predicted octanol–water partition coefficient (Wildman–Crippen LogP) is 4.30. The van der Waals surface area contributed by atoms with Crippen LogP contribution >= 0.6 is 0 Å². The van der Waals surface area contributed by atoms with Crippen LogP contribution in [0, 0.1) is 18.6 Å². The number of carbonyl (C=O) groups is 1. The quantitative estimate of drug-likeness (QED) is 0.468. The van der Waals surface area contributed by atoms with Crippen molar-refractivity contribution in [2.24, 2.45) is 0 Å². The van der Waals surface area contributed by atoms with Gasteiger partial charge in [-0.3, -0.25) is 4.79 Å². The Morgan fingerprint density at radius 3 is 2.29 bits per heavy atom. The molecule has 0 spiro atoms. The van der Waals surface area contributed by atoms with Crippen molar-refractivity contribution >= 4 is 32.5 Å². The Balaban J connectivity index is 1.67. The smallest absolute Gasteiger partial charge is 0.276 e. The number of halogens is 2. The summed E-state index contributed by atoms with van der Waals surface area (Å²) in [7, 11) is -3.16. The summed E-state index contributed by atoms with van der Waals surface area (Å²) < 4.78 is 52.9. The summed E-state index contributed by atoms with van der Waals surface area (Å²) in [5.74, 6) is -0.751. The molecule has 5 rings (SSSR count). The number of pyridine rings is 1. The van der Waals surface area contributed by atoms with Gasteiger partial charge in [0.15, 0.2) is 15.5 Å². The molecule has 1 atom stereocenters. The highest BCUT2D eigenvalue weighted by molar-refractivity contribution is 7.91. The Kier molecular flexibility index (Phi) is 5.40. The maximum absolute atomic E-state index is 13.5. The summed E-state index contributed by atoms with van der Waals surface area (Å²) in [5.41, 5.74) is 2.31. The molecule has 0 radical (unpaired) electrons. The number of nitrogens with one attached hydrogen (secondary N) is 1. The Labute approximate surface area is 194 Å². The third kappa shape index (κ3) is 4.16. The van der Waals surface area contributed by atoms with Crippen LogP contribution in [0.25, 0.3) is 22.3 Å². The van der Waals surface area contributed by atoms with Crippen LogP contribution in [-0.2, 0) is 9.84 Å². The molecule has 1 unspecified atom stereocenters. The zero-order chi connectivity index (χ0) is 24.0. The second-order valence-electron chi connectivity index (χ2n) is 8.28. The molecule has 10 heteroatoms. The van der Waals surface area contributed by atoms with E-state index in [0.29, 0.717) is 40.2 Å². The fraction of sp³-hybridized carbons (Fsp3) is 0.208. The number of anilines is 1. The zero-order valence-electron chi connectivity index (χ0n) is 18.1. The van der Waals surface area contributed by atoms with E-state index in [1.54, 1.807) is 25.1 Å². The molecule has 1 aliphatic heterocycles. The van der Waals surface area contributed by atoms with E-state index in [0.717, 1.165) is 0 Å². The van der Waals surface area contributed by atoms with Crippen LogP contribution in [0.3, 0.4) is 0 Å². The predicted molar refractivity (Wildman–Crippen MR) is 124 cm³/mol. The standard InChI is InChI=1S/C24H20F2N4O3S/c1-14-27-22-21(30(14)19-10-11-34(32,33)13-19)12-20(15-2-4-16(25)5-3-15)29-23(22)24(31)28-18-8-6-17(26)7-9-18/h2-9,12,19H,10-11,13H2,1H3,(H,28,31). The molecule has 1 amide bonds. The number of imidazole rings is 1. The van der Waals surface area contributed by atoms with Gasteiger partial charge >= 0.3 is 0 Å². The number of aromatic nitrogens is 3. The van der Waals surface area contributed by atoms with Crippen LogP contribution < -0.4 is 5.32 Å². The van der Waals surface area contributed by atoms with Crippen LogP contribution in [0.5, 0.6) is 0 Å². The van der Waals surface area contributed by atoms with Crippen molar-refractivity contribution in [1.82, 2.24) is 14.5 Å². The number of benzene rings is 2. The molecule has 1 saturated heterocycles. The lowest BCUT2D eigenvalue weighted by Gasteiger charge is -2.15. The van der Waals surface area contributed by atoms with E-state index >= 15 is 0 Å². The first-order valence-electron chi connectivity index (χ1n) is 10.6. The molecule has 2 aromatic carbocycles. The number of nitrogens with zero attached hydrogens (tertiary/aromatic N) is 3. The molecule has 34 heavy (non-hydrogen) atoms. The van der Waals surface area contributed by atoms with Crippen molar-refractivity contribution in [3.05, 3.63) is 77.8 Å². The summed E-state index contributed by atoms with van der Waals surface area (Å²) in [5, 5.41) is 2.70. The molecule has 1 fully saturated rings. The van der Waals surface area contributed by atoms with Crippen LogP contribution in [0.15, 0.2) is 54.6 Å². The van der Waals surface area contributed by atoms with E-state index in [9.17, 15) is 22.0 Å². The number of sulfone groups is 1. The SMILES string of the molecule is Cc1nc2c(C(=O)Nc3ccc(F)cc3)nc(-c3ccc(F)cc3)cc2n1C1CCS(=O)(=O)C1. The minimum atomic E-state index is -3.16. The molecule has 4 aromatic rings. The maximum atomic E-state index is 13.5. The highest BCUT2D eigenvalue weighted by Gasteiger charge is 2.32. The highest BCUT2D eigenvalue weighted by atomic mass is 32.2. The third-order valence-electron chi connectivity index (χ3n) is 5.89. The number of aryl methyl sites for hydroxylation is 1. The van der Waals surface area contributed by atoms with E-state index in [-0.39, 0.29) is 23.2 Å². The Morgan fingerprint density at radius 2 is 1.68 bits per heavy atom. The van der Waals surface area contributed by atoms with Gasteiger partial charge in [0.05, 0.1) is 28.8 Å². The molecular weight excluding hydrogens is 462 g/mol. The van der Waals surface area contributed by atoms with E-state index in [1.807, 2.05) is 4.57 Å². The lowest BCUT2D eigenvalue weighted by Crippen LogP contribution is -2.15. The molecule has 0 aliphatic carbocycles. The molecule has 174 valence electrons. The third-order valence-corrected chi connectivity index (χ3v) is 7.64. The van der Waals surface area contributed by atoms with Gasteiger partial charge in [-0.1, -0.05) is 0 Å². The molecule has 0 bridgehead atoms. The average Bonchev–Trinajstić information content (AvgIpc) is 3.32. The molecule has 1 N–H and O–H groups in total. The van der Waals surface area contributed by atoms with E-state index < -0.39 is 27.4 Å². The summed E-state index contributed by atoms with van der Waals surface area (Å²) in [6, 6.07) is 12.5. The van der Waals surface area contributed by atoms with Gasteiger partial charge in [0.25, 0.3) is 5.91 Å². The molecule has 0 saturated carbocycles. The zero-order valence-corrected chi connectivity index (χ0v) is 18.9. The van der Waals surface area contributed by atoms with Gasteiger partial charge in [-0.15, -0.1) is 0 Å². The van der Waals surface area contributed by atoms with Crippen molar-refractivity contribution in [1.29, 1.82) is 0 Å². The summed E-state index contributed by atoms with van der Waals surface area (Å²) in [6.07, 6.45) is 0.444. The number of hydrogen-bond acceptors (Lipinski definition) is 5. The van der Waals surface area contributed by atoms with Crippen LogP contribution in [0.2, 0.25) is 0 Å². The first kappa shape index (κ1) is 22.1. The van der Waals surface area contributed by atoms with E-state index in [4.69, 9.17) is 0 Å². The van der Waals surface area contributed by atoms with Gasteiger partial charge < -0.3 is 9.88 Å². The molecule has 2 aromatic heterocycles. The fourth-order valence-corrected chi connectivity index (χ4v) is 6.00. The van der Waals surface area contributed by atoms with Gasteiger partial charge in [0.1, 0.15) is 23.0 Å². The molecule has 1 aliphatic rings. The first-order chi connectivity index (χ1) is 16.2. The van der Waals surface area contributed by atoms with E-state index in [1.165, 1.54) is 36.4 Å². The van der Waals surface area contributed by atoms with Crippen molar-refractivity contribution in [3.63, 3.8) is 0 Å². The number of rotatable bonds is 4. The Hall–Kier alpha value is -3.66. The van der Waals surface area contributed by atoms with Crippen LogP contribution in [0.1, 0.15) is 28.8 Å². The second-order valence-corrected chi connectivity index (χ2v) is 10.5. The monoisotopic (exact) mass is 482 g/mol. The van der Waals surface area contributed by atoms with Crippen LogP contribution in [-0.4, -0.2) is 40.4 Å². The van der Waals surface area contributed by atoms with E-state index in [2.05, 4.69) is 15.3 Å². The molecular formula is C24H20F2N4O3S. The van der Waals surface area contributed by atoms with Crippen molar-refractivity contribution < 1.29 is 22.0 Å². The largest absolute Gasteiger partial charge is 0.324 e. The fourth-order valence-electron chi connectivity index (χ4n) is 4.30. The molecule has 3 heterocycles. The maximum Gasteiger partial charge on any atom is 0.276 e. The minimum absolute atomic E-state index is 0.00931. The number of carbonyl (C=O) groups excluding carboxylic acids is 1. The lowest BCUT2D eigenvalue weighted by atomic mass is 10.1. The Morgan fingerprint density at radius 1 is 1.03 bits per heavy atom. The number of fused-ring (bicyclic) bond motifs is 1. The molecule has 7 nitrogen and oxygen atoms in total. The van der Waals surface area contributed by atoms with Gasteiger partial charge in [-0.25, -0.2) is 27.2 Å². The first-order valence-corrected chi connectivity index (χ1v) is 12.5. The summed E-state index contributed by atoms with van der Waals surface area (Å²) in [4.78, 5) is 22.3. The normalized spacial score (nSPS) is 17.2. The highest BCUT2D eigenvalue weighted by Crippen LogP contribution is 2.32. The van der Waals surface area contributed by atoms with Crippen LogP contribution in [0.4, 0.5) is 14.5 Å². The van der Waals surface area contributed by atoms with Crippen molar-refractivity contribution in [2.45, 2.75) is 19.4 Å². The van der Waals surface area contributed by atoms with Gasteiger partial charge in [-0.2, -0.15) is 0 Å². The number of hydrogen-bond donors (Lipinski definition) is 1. The lowest BCUT2D eigenvalue weighted by molar-refractivity contribution is 0.102. The number of amides is 1. The van der Waals surface area contributed by atoms with Crippen molar-refractivity contribution in [2.75, 3.05) is 16.8 Å². The summed E-state index contributed by atoms with van der Waals surface area (Å²) in [6.45, 7) is 1.75. The Bertz CT molecular complexity index is 1510. The van der Waals surface area contributed by atoms with Gasteiger partial charge in [0, 0.05) is 11.3 Å². The topological polar surface area (TPSA) is 93.9 Å². The van der Waals surface area contributed by atoms with Crippen molar-refractivity contribution in [3.8, 4) is 11.3 Å². The second kappa shape index (κ2) is 8.28. The van der Waals surface area contributed by atoms with Gasteiger partial charge in [0.2, 0.25) is 0 Å². The summed E-state index contributed by atoms with van der Waals surface area (Å²) >= 11 is 0.